The number of carbonyl (C=O) groups is 1. The molecule has 0 saturated carbocycles. The molecule has 1 aliphatic rings. The molecule has 1 amide bonds. The van der Waals surface area contributed by atoms with Gasteiger partial charge in [0, 0.05) is 24.4 Å². The monoisotopic (exact) mass is 284 g/mol. The predicted molar refractivity (Wildman–Crippen MR) is 81.9 cm³/mol. The number of amides is 1. The molecule has 0 N–H and O–H groups in total. The maximum Gasteiger partial charge on any atom is 0.229 e. The Labute approximate surface area is 123 Å². The van der Waals surface area contributed by atoms with Crippen LogP contribution in [0.2, 0.25) is 0 Å². The van der Waals surface area contributed by atoms with Crippen LogP contribution in [-0.2, 0) is 4.79 Å². The minimum Gasteiger partial charge on any atom is -0.296 e. The van der Waals surface area contributed by atoms with Crippen molar-refractivity contribution in [1.29, 1.82) is 0 Å². The molecule has 1 atom stereocenters. The standard InChI is InChI=1S/C16H16N2OS/c1-2-18-15(19)11-14(12-7-4-3-5-8-12)20-13-9-6-10-17-16(13)18/h3-10,14H,2,11H2,1H3. The third kappa shape index (κ3) is 2.43. The molecule has 1 unspecified atom stereocenters. The average molecular weight is 284 g/mol. The van der Waals surface area contributed by atoms with E-state index >= 15 is 0 Å². The lowest BCUT2D eigenvalue weighted by Crippen LogP contribution is -2.31. The average Bonchev–Trinajstić information content (AvgIpc) is 2.63. The summed E-state index contributed by atoms with van der Waals surface area (Å²) >= 11 is 1.73. The number of nitrogens with zero attached hydrogens (tertiary/aromatic N) is 2. The van der Waals surface area contributed by atoms with E-state index in [1.54, 1.807) is 22.9 Å². The van der Waals surface area contributed by atoms with Crippen LogP contribution in [0.4, 0.5) is 5.82 Å². The smallest absolute Gasteiger partial charge is 0.229 e. The summed E-state index contributed by atoms with van der Waals surface area (Å²) < 4.78 is 0. The van der Waals surface area contributed by atoms with Crippen molar-refractivity contribution >= 4 is 23.5 Å². The molecular formula is C16H16N2OS. The Morgan fingerprint density at radius 1 is 1.25 bits per heavy atom. The third-order valence-corrected chi connectivity index (χ3v) is 4.72. The first-order valence-corrected chi connectivity index (χ1v) is 7.64. The van der Waals surface area contributed by atoms with E-state index in [-0.39, 0.29) is 11.2 Å². The lowest BCUT2D eigenvalue weighted by molar-refractivity contribution is -0.118. The first-order chi connectivity index (χ1) is 9.79. The Hall–Kier alpha value is -1.81. The Morgan fingerprint density at radius 3 is 2.80 bits per heavy atom. The van der Waals surface area contributed by atoms with Gasteiger partial charge in [-0.15, -0.1) is 11.8 Å². The number of hydrogen-bond donors (Lipinski definition) is 0. The van der Waals surface area contributed by atoms with E-state index in [0.717, 1.165) is 10.7 Å². The number of thioether (sulfide) groups is 1. The van der Waals surface area contributed by atoms with Gasteiger partial charge in [0.05, 0.1) is 4.90 Å². The highest BCUT2D eigenvalue weighted by atomic mass is 32.2. The highest BCUT2D eigenvalue weighted by Gasteiger charge is 2.28. The molecule has 0 spiro atoms. The normalized spacial score (nSPS) is 18.6. The molecule has 1 aromatic carbocycles. The van der Waals surface area contributed by atoms with Gasteiger partial charge in [-0.05, 0) is 24.6 Å². The molecule has 1 aromatic heterocycles. The summed E-state index contributed by atoms with van der Waals surface area (Å²) in [7, 11) is 0. The maximum atomic E-state index is 12.5. The zero-order valence-corrected chi connectivity index (χ0v) is 12.1. The molecule has 2 heterocycles. The number of fused-ring (bicyclic) bond motifs is 1. The van der Waals surface area contributed by atoms with Crippen molar-refractivity contribution in [2.24, 2.45) is 0 Å². The predicted octanol–water partition coefficient (Wildman–Crippen LogP) is 3.67. The van der Waals surface area contributed by atoms with E-state index in [2.05, 4.69) is 17.1 Å². The molecule has 0 saturated heterocycles. The van der Waals surface area contributed by atoms with Crippen LogP contribution in [0.1, 0.15) is 24.2 Å². The van der Waals surface area contributed by atoms with Crippen molar-refractivity contribution < 1.29 is 4.79 Å². The fourth-order valence-corrected chi connectivity index (χ4v) is 3.69. The molecule has 20 heavy (non-hydrogen) atoms. The van der Waals surface area contributed by atoms with Gasteiger partial charge >= 0.3 is 0 Å². The van der Waals surface area contributed by atoms with Gasteiger partial charge in [-0.25, -0.2) is 4.98 Å². The number of pyridine rings is 1. The highest BCUT2D eigenvalue weighted by molar-refractivity contribution is 7.99. The van der Waals surface area contributed by atoms with Gasteiger partial charge in [-0.3, -0.25) is 9.69 Å². The number of aromatic nitrogens is 1. The molecule has 0 fully saturated rings. The Morgan fingerprint density at radius 2 is 2.05 bits per heavy atom. The van der Waals surface area contributed by atoms with Crippen molar-refractivity contribution in [3.8, 4) is 0 Å². The van der Waals surface area contributed by atoms with Crippen LogP contribution in [0.15, 0.2) is 53.6 Å². The molecule has 3 nitrogen and oxygen atoms in total. The number of rotatable bonds is 2. The van der Waals surface area contributed by atoms with E-state index in [0.29, 0.717) is 13.0 Å². The van der Waals surface area contributed by atoms with Gasteiger partial charge in [0.15, 0.2) is 0 Å². The van der Waals surface area contributed by atoms with E-state index < -0.39 is 0 Å². The molecule has 0 aliphatic carbocycles. The molecule has 1 aliphatic heterocycles. The number of anilines is 1. The molecule has 2 aromatic rings. The molecule has 0 radical (unpaired) electrons. The summed E-state index contributed by atoms with van der Waals surface area (Å²) in [6.45, 7) is 2.65. The first-order valence-electron chi connectivity index (χ1n) is 6.76. The molecular weight excluding hydrogens is 268 g/mol. The van der Waals surface area contributed by atoms with Crippen LogP contribution in [0, 0.1) is 0 Å². The summed E-state index contributed by atoms with van der Waals surface area (Å²) in [6, 6.07) is 14.2. The van der Waals surface area contributed by atoms with Crippen LogP contribution in [0.25, 0.3) is 0 Å². The van der Waals surface area contributed by atoms with Gasteiger partial charge < -0.3 is 0 Å². The number of carbonyl (C=O) groups excluding carboxylic acids is 1. The topological polar surface area (TPSA) is 33.2 Å². The van der Waals surface area contributed by atoms with E-state index in [9.17, 15) is 4.79 Å². The van der Waals surface area contributed by atoms with E-state index in [1.165, 1.54) is 5.56 Å². The number of hydrogen-bond acceptors (Lipinski definition) is 3. The number of benzene rings is 1. The van der Waals surface area contributed by atoms with E-state index in [1.807, 2.05) is 37.3 Å². The van der Waals surface area contributed by atoms with Crippen molar-refractivity contribution in [3.05, 3.63) is 54.2 Å². The summed E-state index contributed by atoms with van der Waals surface area (Å²) in [6.07, 6.45) is 2.26. The van der Waals surface area contributed by atoms with Crippen molar-refractivity contribution in [3.63, 3.8) is 0 Å². The zero-order valence-electron chi connectivity index (χ0n) is 11.3. The van der Waals surface area contributed by atoms with Crippen molar-refractivity contribution in [1.82, 2.24) is 4.98 Å². The quantitative estimate of drug-likeness (QED) is 0.843. The van der Waals surface area contributed by atoms with Crippen LogP contribution in [0.5, 0.6) is 0 Å². The highest BCUT2D eigenvalue weighted by Crippen LogP contribution is 2.44. The Bertz CT molecular complexity index is 615. The van der Waals surface area contributed by atoms with Crippen LogP contribution >= 0.6 is 11.8 Å². The van der Waals surface area contributed by atoms with Crippen LogP contribution < -0.4 is 4.90 Å². The minimum absolute atomic E-state index is 0.145. The molecule has 3 rings (SSSR count). The van der Waals surface area contributed by atoms with Gasteiger partial charge in [0.1, 0.15) is 5.82 Å². The zero-order chi connectivity index (χ0) is 13.9. The van der Waals surface area contributed by atoms with Crippen LogP contribution in [0.3, 0.4) is 0 Å². The lowest BCUT2D eigenvalue weighted by Gasteiger charge is -2.18. The summed E-state index contributed by atoms with van der Waals surface area (Å²) in [5, 5.41) is 0.156. The Kier molecular flexibility index (Phi) is 3.74. The lowest BCUT2D eigenvalue weighted by atomic mass is 10.1. The van der Waals surface area contributed by atoms with Gasteiger partial charge in [-0.1, -0.05) is 30.3 Å². The molecule has 102 valence electrons. The minimum atomic E-state index is 0.145. The summed E-state index contributed by atoms with van der Waals surface area (Å²) in [5.74, 6) is 0.940. The molecule has 4 heteroatoms. The third-order valence-electron chi connectivity index (χ3n) is 3.42. The van der Waals surface area contributed by atoms with E-state index in [4.69, 9.17) is 0 Å². The molecule has 0 bridgehead atoms. The second kappa shape index (κ2) is 5.67. The maximum absolute atomic E-state index is 12.5. The summed E-state index contributed by atoms with van der Waals surface area (Å²) in [5.41, 5.74) is 1.19. The van der Waals surface area contributed by atoms with Gasteiger partial charge in [-0.2, -0.15) is 0 Å². The second-order valence-electron chi connectivity index (χ2n) is 4.68. The summed E-state index contributed by atoms with van der Waals surface area (Å²) in [4.78, 5) is 19.7. The van der Waals surface area contributed by atoms with Gasteiger partial charge in [0.2, 0.25) is 5.91 Å². The largest absolute Gasteiger partial charge is 0.296 e. The van der Waals surface area contributed by atoms with Gasteiger partial charge in [0.25, 0.3) is 0 Å². The van der Waals surface area contributed by atoms with Crippen molar-refractivity contribution in [2.75, 3.05) is 11.4 Å². The first kappa shape index (κ1) is 13.2. The van der Waals surface area contributed by atoms with Crippen LogP contribution in [-0.4, -0.2) is 17.4 Å². The fraction of sp³-hybridized carbons (Fsp3) is 0.250. The fourth-order valence-electron chi connectivity index (χ4n) is 2.44. The SMILES string of the molecule is CCN1C(=O)CC(c2ccccc2)Sc2cccnc21. The van der Waals surface area contributed by atoms with Crippen molar-refractivity contribution in [2.45, 2.75) is 23.5 Å². The Balaban J connectivity index is 2.02. The second-order valence-corrected chi connectivity index (χ2v) is 5.93.